The SMILES string of the molecule is COc1cc2ccccc2c(F)c1CCNC(=O)O. The number of amides is 1. The molecule has 0 fully saturated rings. The molecule has 2 N–H and O–H groups in total. The molecule has 0 aromatic heterocycles. The Balaban J connectivity index is 2.40. The van der Waals surface area contributed by atoms with Gasteiger partial charge in [-0.25, -0.2) is 9.18 Å². The van der Waals surface area contributed by atoms with Gasteiger partial charge < -0.3 is 15.2 Å². The second kappa shape index (κ2) is 5.56. The van der Waals surface area contributed by atoms with Crippen molar-refractivity contribution in [2.45, 2.75) is 6.42 Å². The number of ether oxygens (including phenoxy) is 1. The summed E-state index contributed by atoms with van der Waals surface area (Å²) in [4.78, 5) is 10.4. The molecule has 2 aromatic carbocycles. The van der Waals surface area contributed by atoms with Crippen LogP contribution in [0.5, 0.6) is 5.75 Å². The fourth-order valence-corrected chi connectivity index (χ4v) is 2.03. The maximum atomic E-state index is 14.4. The lowest BCUT2D eigenvalue weighted by atomic mass is 10.0. The Morgan fingerprint density at radius 2 is 2.16 bits per heavy atom. The molecule has 0 saturated carbocycles. The molecule has 1 amide bonds. The molecule has 0 bridgehead atoms. The molecule has 0 saturated heterocycles. The summed E-state index contributed by atoms with van der Waals surface area (Å²) in [6.45, 7) is 0.140. The van der Waals surface area contributed by atoms with Crippen molar-refractivity contribution in [3.05, 3.63) is 41.7 Å². The van der Waals surface area contributed by atoms with Crippen molar-refractivity contribution in [3.63, 3.8) is 0 Å². The van der Waals surface area contributed by atoms with E-state index in [0.29, 0.717) is 16.7 Å². The average Bonchev–Trinajstić information content (AvgIpc) is 2.40. The molecule has 2 aromatic rings. The van der Waals surface area contributed by atoms with Gasteiger partial charge in [-0.15, -0.1) is 0 Å². The molecule has 0 atom stereocenters. The van der Waals surface area contributed by atoms with E-state index in [2.05, 4.69) is 5.32 Å². The van der Waals surface area contributed by atoms with Crippen LogP contribution in [0.25, 0.3) is 10.8 Å². The lowest BCUT2D eigenvalue weighted by molar-refractivity contribution is 0.194. The number of methoxy groups -OCH3 is 1. The van der Waals surface area contributed by atoms with Crippen LogP contribution in [0, 0.1) is 5.82 Å². The van der Waals surface area contributed by atoms with Crippen molar-refractivity contribution >= 4 is 16.9 Å². The van der Waals surface area contributed by atoms with Crippen LogP contribution in [0.15, 0.2) is 30.3 Å². The van der Waals surface area contributed by atoms with E-state index < -0.39 is 6.09 Å². The molecule has 19 heavy (non-hydrogen) atoms. The smallest absolute Gasteiger partial charge is 0.404 e. The largest absolute Gasteiger partial charge is 0.496 e. The second-order valence-electron chi connectivity index (χ2n) is 4.07. The molecule has 0 spiro atoms. The fourth-order valence-electron chi connectivity index (χ4n) is 2.03. The summed E-state index contributed by atoms with van der Waals surface area (Å²) < 4.78 is 19.6. The zero-order chi connectivity index (χ0) is 13.8. The van der Waals surface area contributed by atoms with Gasteiger partial charge in [-0.3, -0.25) is 0 Å². The van der Waals surface area contributed by atoms with E-state index in [1.807, 2.05) is 6.07 Å². The third-order valence-electron chi connectivity index (χ3n) is 2.92. The molecule has 4 nitrogen and oxygen atoms in total. The van der Waals surface area contributed by atoms with Gasteiger partial charge >= 0.3 is 6.09 Å². The predicted octanol–water partition coefficient (Wildman–Crippen LogP) is 2.80. The van der Waals surface area contributed by atoms with E-state index in [1.54, 1.807) is 24.3 Å². The van der Waals surface area contributed by atoms with Gasteiger partial charge in [-0.1, -0.05) is 24.3 Å². The molecular weight excluding hydrogens is 249 g/mol. The number of nitrogens with one attached hydrogen (secondary N) is 1. The third kappa shape index (κ3) is 2.76. The van der Waals surface area contributed by atoms with Gasteiger partial charge in [0.1, 0.15) is 11.6 Å². The molecule has 0 heterocycles. The maximum Gasteiger partial charge on any atom is 0.404 e. The van der Waals surface area contributed by atoms with Crippen LogP contribution < -0.4 is 10.1 Å². The second-order valence-corrected chi connectivity index (χ2v) is 4.07. The number of rotatable bonds is 4. The molecule has 100 valence electrons. The van der Waals surface area contributed by atoms with Crippen LogP contribution in [0.2, 0.25) is 0 Å². The van der Waals surface area contributed by atoms with E-state index in [1.165, 1.54) is 7.11 Å². The third-order valence-corrected chi connectivity index (χ3v) is 2.92. The number of hydrogen-bond donors (Lipinski definition) is 2. The van der Waals surface area contributed by atoms with Crippen molar-refractivity contribution in [2.24, 2.45) is 0 Å². The van der Waals surface area contributed by atoms with Crippen molar-refractivity contribution in [1.82, 2.24) is 5.32 Å². The van der Waals surface area contributed by atoms with E-state index in [4.69, 9.17) is 9.84 Å². The van der Waals surface area contributed by atoms with Crippen LogP contribution in [0.1, 0.15) is 5.56 Å². The van der Waals surface area contributed by atoms with Crippen LogP contribution in [0.3, 0.4) is 0 Å². The maximum absolute atomic E-state index is 14.4. The minimum absolute atomic E-state index is 0.140. The van der Waals surface area contributed by atoms with E-state index in [-0.39, 0.29) is 18.8 Å². The summed E-state index contributed by atoms with van der Waals surface area (Å²) in [6.07, 6.45) is -0.883. The molecule has 0 aliphatic rings. The normalized spacial score (nSPS) is 10.4. The van der Waals surface area contributed by atoms with Crippen LogP contribution >= 0.6 is 0 Å². The molecule has 5 heteroatoms. The average molecular weight is 263 g/mol. The van der Waals surface area contributed by atoms with Gasteiger partial charge in [-0.2, -0.15) is 0 Å². The van der Waals surface area contributed by atoms with E-state index >= 15 is 0 Å². The number of halogens is 1. The van der Waals surface area contributed by atoms with Gasteiger partial charge in [0.25, 0.3) is 0 Å². The van der Waals surface area contributed by atoms with Crippen LogP contribution in [0.4, 0.5) is 9.18 Å². The highest BCUT2D eigenvalue weighted by molar-refractivity contribution is 5.85. The van der Waals surface area contributed by atoms with Crippen molar-refractivity contribution in [2.75, 3.05) is 13.7 Å². The fraction of sp³-hybridized carbons (Fsp3) is 0.214. The summed E-state index contributed by atoms with van der Waals surface area (Å²) in [7, 11) is 1.47. The number of hydrogen-bond acceptors (Lipinski definition) is 2. The number of fused-ring (bicyclic) bond motifs is 1. The monoisotopic (exact) mass is 263 g/mol. The Morgan fingerprint density at radius 3 is 2.84 bits per heavy atom. The Bertz CT molecular complexity index is 613. The van der Waals surface area contributed by atoms with Crippen molar-refractivity contribution in [1.29, 1.82) is 0 Å². The minimum atomic E-state index is -1.12. The zero-order valence-corrected chi connectivity index (χ0v) is 10.4. The highest BCUT2D eigenvalue weighted by Crippen LogP contribution is 2.29. The zero-order valence-electron chi connectivity index (χ0n) is 10.4. The highest BCUT2D eigenvalue weighted by atomic mass is 19.1. The Morgan fingerprint density at radius 1 is 1.42 bits per heavy atom. The minimum Gasteiger partial charge on any atom is -0.496 e. The van der Waals surface area contributed by atoms with Gasteiger partial charge in [0.2, 0.25) is 0 Å². The summed E-state index contributed by atoms with van der Waals surface area (Å²) in [6, 6.07) is 8.84. The molecule has 0 radical (unpaired) electrons. The standard InChI is InChI=1S/C14H14FNO3/c1-19-12-8-9-4-2-3-5-10(9)13(15)11(12)6-7-16-14(17)18/h2-5,8,16H,6-7H2,1H3,(H,17,18). The highest BCUT2D eigenvalue weighted by Gasteiger charge is 2.13. The lowest BCUT2D eigenvalue weighted by Crippen LogP contribution is -2.23. The lowest BCUT2D eigenvalue weighted by Gasteiger charge is -2.12. The van der Waals surface area contributed by atoms with Crippen molar-refractivity contribution in [3.8, 4) is 5.75 Å². The first-order valence-electron chi connectivity index (χ1n) is 5.84. The quantitative estimate of drug-likeness (QED) is 0.891. The topological polar surface area (TPSA) is 58.6 Å². The van der Waals surface area contributed by atoms with Crippen LogP contribution in [-0.4, -0.2) is 24.9 Å². The predicted molar refractivity (Wildman–Crippen MR) is 70.2 cm³/mol. The molecule has 0 aliphatic heterocycles. The molecular formula is C14H14FNO3. The molecule has 2 rings (SSSR count). The summed E-state index contributed by atoms with van der Waals surface area (Å²) in [5.74, 6) is 0.0746. The Kier molecular flexibility index (Phi) is 3.85. The Hall–Kier alpha value is -2.30. The summed E-state index contributed by atoms with van der Waals surface area (Å²) in [5, 5.41) is 12.0. The van der Waals surface area contributed by atoms with Crippen molar-refractivity contribution < 1.29 is 19.0 Å². The first-order valence-corrected chi connectivity index (χ1v) is 5.84. The van der Waals surface area contributed by atoms with Gasteiger partial charge in [0.05, 0.1) is 7.11 Å². The molecule has 0 aliphatic carbocycles. The number of carbonyl (C=O) groups is 1. The first kappa shape index (κ1) is 13.1. The molecule has 0 unspecified atom stereocenters. The number of benzene rings is 2. The summed E-state index contributed by atoms with van der Waals surface area (Å²) in [5.41, 5.74) is 0.384. The first-order chi connectivity index (χ1) is 9.13. The van der Waals surface area contributed by atoms with E-state index in [0.717, 1.165) is 5.39 Å². The number of carboxylic acid groups (broad SMARTS) is 1. The van der Waals surface area contributed by atoms with Gasteiger partial charge in [0.15, 0.2) is 0 Å². The summed E-state index contributed by atoms with van der Waals surface area (Å²) >= 11 is 0. The Labute approximate surface area is 109 Å². The van der Waals surface area contributed by atoms with Crippen LogP contribution in [-0.2, 0) is 6.42 Å². The van der Waals surface area contributed by atoms with E-state index in [9.17, 15) is 9.18 Å². The van der Waals surface area contributed by atoms with Gasteiger partial charge in [0, 0.05) is 17.5 Å². The van der Waals surface area contributed by atoms with Gasteiger partial charge in [-0.05, 0) is 17.9 Å².